The Morgan fingerprint density at radius 1 is 1.05 bits per heavy atom. The van der Waals surface area contributed by atoms with Crippen LogP contribution < -0.4 is 15.4 Å². The van der Waals surface area contributed by atoms with Gasteiger partial charge < -0.3 is 20.5 Å². The van der Waals surface area contributed by atoms with Gasteiger partial charge in [0.2, 0.25) is 0 Å². The molecule has 0 unspecified atom stereocenters. The van der Waals surface area contributed by atoms with Crippen LogP contribution in [0.1, 0.15) is 40.4 Å². The highest BCUT2D eigenvalue weighted by atomic mass is 35.5. The Hall–Kier alpha value is -4.30. The number of carbonyl (C=O) groups is 2. The Bertz CT molecular complexity index is 1440. The topological polar surface area (TPSA) is 105 Å². The molecule has 0 saturated heterocycles. The van der Waals surface area contributed by atoms with Gasteiger partial charge in [-0.2, -0.15) is 9.78 Å². The SMILES string of the molecule is COc1ccc(CNC(=O)n2nc(-c3cc(NC(=O)c4ccc(Cl)cc4)ccc3O)cc2C2CC2)cc1. The van der Waals surface area contributed by atoms with Crippen molar-refractivity contribution in [2.24, 2.45) is 0 Å². The summed E-state index contributed by atoms with van der Waals surface area (Å²) < 4.78 is 6.54. The Labute approximate surface area is 218 Å². The number of carbonyl (C=O) groups excluding carboxylic acids is 2. The number of aromatic nitrogens is 2. The van der Waals surface area contributed by atoms with Crippen molar-refractivity contribution in [1.82, 2.24) is 15.1 Å². The summed E-state index contributed by atoms with van der Waals surface area (Å²) in [6.07, 6.45) is 1.94. The molecule has 0 atom stereocenters. The van der Waals surface area contributed by atoms with Gasteiger partial charge in [0.1, 0.15) is 11.5 Å². The van der Waals surface area contributed by atoms with Crippen LogP contribution in [0.2, 0.25) is 5.02 Å². The number of aromatic hydroxyl groups is 1. The van der Waals surface area contributed by atoms with Gasteiger partial charge in [-0.15, -0.1) is 0 Å². The number of hydrogen-bond donors (Lipinski definition) is 3. The van der Waals surface area contributed by atoms with Gasteiger partial charge >= 0.3 is 6.03 Å². The number of methoxy groups -OCH3 is 1. The smallest absolute Gasteiger partial charge is 0.342 e. The fraction of sp³-hybridized carbons (Fsp3) is 0.179. The number of halogens is 1. The maximum atomic E-state index is 13.1. The average Bonchev–Trinajstić information content (AvgIpc) is 3.67. The van der Waals surface area contributed by atoms with Crippen LogP contribution in [0.25, 0.3) is 11.3 Å². The van der Waals surface area contributed by atoms with Gasteiger partial charge in [-0.3, -0.25) is 4.79 Å². The molecule has 1 saturated carbocycles. The number of nitrogens with one attached hydrogen (secondary N) is 2. The van der Waals surface area contributed by atoms with E-state index in [2.05, 4.69) is 15.7 Å². The van der Waals surface area contributed by atoms with Crippen molar-refractivity contribution < 1.29 is 19.4 Å². The first kappa shape index (κ1) is 24.4. The highest BCUT2D eigenvalue weighted by Gasteiger charge is 2.30. The van der Waals surface area contributed by atoms with Crippen LogP contribution in [0, 0.1) is 0 Å². The first-order valence-corrected chi connectivity index (χ1v) is 12.2. The average molecular weight is 517 g/mol. The van der Waals surface area contributed by atoms with Crippen molar-refractivity contribution in [2.75, 3.05) is 12.4 Å². The predicted molar refractivity (Wildman–Crippen MR) is 141 cm³/mol. The number of rotatable bonds is 7. The monoisotopic (exact) mass is 516 g/mol. The zero-order valence-corrected chi connectivity index (χ0v) is 20.8. The third-order valence-electron chi connectivity index (χ3n) is 6.16. The number of hydrogen-bond acceptors (Lipinski definition) is 5. The predicted octanol–water partition coefficient (Wildman–Crippen LogP) is 5.81. The maximum absolute atomic E-state index is 13.1. The van der Waals surface area contributed by atoms with Crippen molar-refractivity contribution in [1.29, 1.82) is 0 Å². The van der Waals surface area contributed by atoms with E-state index in [9.17, 15) is 14.7 Å². The molecular formula is C28H25ClN4O4. The second kappa shape index (κ2) is 10.4. The number of phenols is 1. The largest absolute Gasteiger partial charge is 0.507 e. The molecule has 3 N–H and O–H groups in total. The minimum absolute atomic E-state index is 0.00451. The molecule has 4 aromatic rings. The molecule has 8 nitrogen and oxygen atoms in total. The molecule has 0 aliphatic heterocycles. The summed E-state index contributed by atoms with van der Waals surface area (Å²) in [4.78, 5) is 25.7. The number of benzene rings is 3. The lowest BCUT2D eigenvalue weighted by atomic mass is 10.1. The second-order valence-corrected chi connectivity index (χ2v) is 9.28. The first-order chi connectivity index (χ1) is 17.9. The van der Waals surface area contributed by atoms with E-state index in [1.807, 2.05) is 30.3 Å². The molecule has 5 rings (SSSR count). The van der Waals surface area contributed by atoms with Crippen molar-refractivity contribution in [2.45, 2.75) is 25.3 Å². The zero-order valence-electron chi connectivity index (χ0n) is 20.1. The van der Waals surface area contributed by atoms with Crippen LogP contribution in [-0.4, -0.2) is 33.9 Å². The van der Waals surface area contributed by atoms with E-state index in [1.54, 1.807) is 43.5 Å². The van der Waals surface area contributed by atoms with Gasteiger partial charge in [-0.05, 0) is 79.1 Å². The maximum Gasteiger partial charge on any atom is 0.342 e. The molecule has 0 radical (unpaired) electrons. The van der Waals surface area contributed by atoms with Gasteiger partial charge in [0, 0.05) is 34.3 Å². The first-order valence-electron chi connectivity index (χ1n) is 11.8. The van der Waals surface area contributed by atoms with E-state index in [4.69, 9.17) is 16.3 Å². The highest BCUT2D eigenvalue weighted by molar-refractivity contribution is 6.30. The third-order valence-corrected chi connectivity index (χ3v) is 6.42. The van der Waals surface area contributed by atoms with Gasteiger partial charge in [-0.1, -0.05) is 23.7 Å². The van der Waals surface area contributed by atoms with Gasteiger partial charge in [0.05, 0.1) is 18.5 Å². The number of nitrogens with zero attached hydrogens (tertiary/aromatic N) is 2. The van der Waals surface area contributed by atoms with Crippen LogP contribution in [0.3, 0.4) is 0 Å². The molecule has 1 aliphatic carbocycles. The van der Waals surface area contributed by atoms with E-state index < -0.39 is 0 Å². The Morgan fingerprint density at radius 2 is 1.78 bits per heavy atom. The lowest BCUT2D eigenvalue weighted by molar-refractivity contribution is 0.102. The minimum atomic E-state index is -0.351. The Balaban J connectivity index is 1.36. The second-order valence-electron chi connectivity index (χ2n) is 8.84. The number of ether oxygens (including phenoxy) is 1. The summed E-state index contributed by atoms with van der Waals surface area (Å²) in [6, 6.07) is 20.2. The fourth-order valence-corrected chi connectivity index (χ4v) is 4.11. The summed E-state index contributed by atoms with van der Waals surface area (Å²) >= 11 is 5.91. The Kier molecular flexibility index (Phi) is 6.83. The molecule has 3 aromatic carbocycles. The third kappa shape index (κ3) is 5.59. The van der Waals surface area contributed by atoms with Crippen LogP contribution in [-0.2, 0) is 6.54 Å². The minimum Gasteiger partial charge on any atom is -0.507 e. The molecule has 1 aromatic heterocycles. The normalized spacial score (nSPS) is 12.7. The molecule has 9 heteroatoms. The van der Waals surface area contributed by atoms with Gasteiger partial charge in [-0.25, -0.2) is 4.79 Å². The van der Waals surface area contributed by atoms with Crippen LogP contribution in [0.5, 0.6) is 11.5 Å². The van der Waals surface area contributed by atoms with E-state index in [0.717, 1.165) is 29.8 Å². The molecular weight excluding hydrogens is 492 g/mol. The zero-order chi connectivity index (χ0) is 25.9. The fourth-order valence-electron chi connectivity index (χ4n) is 3.98. The summed E-state index contributed by atoms with van der Waals surface area (Å²) in [7, 11) is 1.60. The summed E-state index contributed by atoms with van der Waals surface area (Å²) in [5, 5.41) is 21.4. The molecule has 0 spiro atoms. The van der Waals surface area contributed by atoms with Crippen molar-refractivity contribution in [3.8, 4) is 22.8 Å². The van der Waals surface area contributed by atoms with Crippen molar-refractivity contribution in [3.63, 3.8) is 0 Å². The van der Waals surface area contributed by atoms with E-state index in [-0.39, 0.29) is 23.6 Å². The highest BCUT2D eigenvalue weighted by Crippen LogP contribution is 2.42. The summed E-state index contributed by atoms with van der Waals surface area (Å²) in [5.74, 6) is 0.669. The summed E-state index contributed by atoms with van der Waals surface area (Å²) in [6.45, 7) is 0.333. The van der Waals surface area contributed by atoms with E-state index in [1.165, 1.54) is 10.7 Å². The van der Waals surface area contributed by atoms with Crippen LogP contribution >= 0.6 is 11.6 Å². The number of amides is 2. The Morgan fingerprint density at radius 3 is 2.46 bits per heavy atom. The van der Waals surface area contributed by atoms with Crippen LogP contribution in [0.4, 0.5) is 10.5 Å². The lowest BCUT2D eigenvalue weighted by Gasteiger charge is -2.09. The molecule has 1 fully saturated rings. The quantitative estimate of drug-likeness (QED) is 0.269. The number of phenolic OH excluding ortho intramolecular Hbond substituents is 1. The molecule has 37 heavy (non-hydrogen) atoms. The van der Waals surface area contributed by atoms with E-state index >= 15 is 0 Å². The molecule has 188 valence electrons. The van der Waals surface area contributed by atoms with Gasteiger partial charge in [0.25, 0.3) is 5.91 Å². The molecule has 1 aliphatic rings. The van der Waals surface area contributed by atoms with Gasteiger partial charge in [0.15, 0.2) is 0 Å². The molecule has 2 amide bonds. The van der Waals surface area contributed by atoms with Crippen molar-refractivity contribution in [3.05, 3.63) is 94.6 Å². The van der Waals surface area contributed by atoms with Crippen molar-refractivity contribution >= 4 is 29.2 Å². The van der Waals surface area contributed by atoms with Crippen LogP contribution in [0.15, 0.2) is 72.8 Å². The molecule has 1 heterocycles. The summed E-state index contributed by atoms with van der Waals surface area (Å²) in [5.41, 5.74) is 3.51. The van der Waals surface area contributed by atoms with E-state index in [0.29, 0.717) is 34.1 Å². The number of anilines is 1. The molecule has 0 bridgehead atoms. The standard InChI is InChI=1S/C28H25ClN4O4/c1-37-22-11-2-17(3-12-22)16-30-28(36)33-25(18-4-5-18)15-24(32-33)23-14-21(10-13-26(23)34)31-27(35)19-6-8-20(29)9-7-19/h2-3,6-15,18,34H,4-5,16H2,1H3,(H,30,36)(H,31,35). The lowest BCUT2D eigenvalue weighted by Crippen LogP contribution is -2.30.